The molecule has 0 aliphatic carbocycles. The van der Waals surface area contributed by atoms with Crippen molar-refractivity contribution in [1.29, 1.82) is 0 Å². The maximum Gasteiger partial charge on any atom is 0.167 e. The Hall–Kier alpha value is -2.49. The van der Waals surface area contributed by atoms with Gasteiger partial charge in [-0.05, 0) is 30.4 Å². The van der Waals surface area contributed by atoms with Gasteiger partial charge in [0, 0.05) is 12.1 Å². The third kappa shape index (κ3) is 4.99. The van der Waals surface area contributed by atoms with Crippen LogP contribution in [0.15, 0.2) is 36.4 Å². The maximum atomic E-state index is 12.0. The van der Waals surface area contributed by atoms with Crippen LogP contribution in [-0.4, -0.2) is 20.0 Å². The van der Waals surface area contributed by atoms with E-state index in [4.69, 9.17) is 14.2 Å². The van der Waals surface area contributed by atoms with Crippen molar-refractivity contribution in [2.24, 2.45) is 5.92 Å². The fourth-order valence-electron chi connectivity index (χ4n) is 2.71. The van der Waals surface area contributed by atoms with Crippen LogP contribution < -0.4 is 14.2 Å². The number of hydrogen-bond donors (Lipinski definition) is 0. The number of hydrogen-bond acceptors (Lipinski definition) is 4. The molecular formula is C21H26O4. The highest BCUT2D eigenvalue weighted by Crippen LogP contribution is 2.35. The summed E-state index contributed by atoms with van der Waals surface area (Å²) in [6.07, 6.45) is 1.06. The highest BCUT2D eigenvalue weighted by atomic mass is 16.5. The topological polar surface area (TPSA) is 44.8 Å². The highest BCUT2D eigenvalue weighted by molar-refractivity contribution is 6.00. The zero-order chi connectivity index (χ0) is 18.4. The van der Waals surface area contributed by atoms with Crippen LogP contribution in [-0.2, 0) is 13.0 Å². The zero-order valence-electron chi connectivity index (χ0n) is 15.6. The lowest BCUT2D eigenvalue weighted by molar-refractivity contribution is 0.101. The smallest absolute Gasteiger partial charge is 0.167 e. The normalized spacial score (nSPS) is 10.6. The van der Waals surface area contributed by atoms with Gasteiger partial charge < -0.3 is 14.2 Å². The van der Waals surface area contributed by atoms with Gasteiger partial charge in [0.2, 0.25) is 0 Å². The van der Waals surface area contributed by atoms with Crippen LogP contribution in [0.25, 0.3) is 0 Å². The Morgan fingerprint density at radius 1 is 0.960 bits per heavy atom. The van der Waals surface area contributed by atoms with Crippen molar-refractivity contribution in [3.63, 3.8) is 0 Å². The Labute approximate surface area is 149 Å². The molecular weight excluding hydrogens is 316 g/mol. The number of benzene rings is 2. The first-order valence-corrected chi connectivity index (χ1v) is 8.42. The van der Waals surface area contributed by atoms with Crippen molar-refractivity contribution in [3.8, 4) is 17.2 Å². The molecule has 4 nitrogen and oxygen atoms in total. The molecule has 2 rings (SSSR count). The molecule has 0 saturated carbocycles. The third-order valence-electron chi connectivity index (χ3n) is 3.91. The van der Waals surface area contributed by atoms with Crippen molar-refractivity contribution < 1.29 is 19.0 Å². The van der Waals surface area contributed by atoms with Gasteiger partial charge in [-0.15, -0.1) is 0 Å². The monoisotopic (exact) mass is 342 g/mol. The van der Waals surface area contributed by atoms with Gasteiger partial charge in [0.15, 0.2) is 5.78 Å². The van der Waals surface area contributed by atoms with Gasteiger partial charge in [-0.3, -0.25) is 4.79 Å². The van der Waals surface area contributed by atoms with E-state index in [2.05, 4.69) is 38.1 Å². The Bertz CT molecular complexity index is 717. The van der Waals surface area contributed by atoms with E-state index in [0.29, 0.717) is 35.3 Å². The first-order chi connectivity index (χ1) is 11.9. The number of Topliss-reactive ketones (excluding diaryl/α,β-unsaturated/α-hetero) is 1. The molecule has 0 fully saturated rings. The largest absolute Gasteiger partial charge is 0.496 e. The van der Waals surface area contributed by atoms with Gasteiger partial charge in [0.1, 0.15) is 29.4 Å². The van der Waals surface area contributed by atoms with Crippen molar-refractivity contribution in [2.75, 3.05) is 14.2 Å². The van der Waals surface area contributed by atoms with Crippen LogP contribution in [0.2, 0.25) is 0 Å². The van der Waals surface area contributed by atoms with Crippen molar-refractivity contribution in [3.05, 3.63) is 53.1 Å². The van der Waals surface area contributed by atoms with E-state index in [1.165, 1.54) is 19.6 Å². The lowest BCUT2D eigenvalue weighted by atomic mass is 10.0. The van der Waals surface area contributed by atoms with Gasteiger partial charge in [-0.1, -0.05) is 38.1 Å². The van der Waals surface area contributed by atoms with Crippen LogP contribution in [0.1, 0.15) is 42.3 Å². The Morgan fingerprint density at radius 2 is 1.56 bits per heavy atom. The van der Waals surface area contributed by atoms with E-state index in [0.717, 1.165) is 12.0 Å². The molecule has 0 N–H and O–H groups in total. The molecule has 0 aliphatic rings. The number of ether oxygens (including phenoxy) is 3. The Balaban J connectivity index is 2.20. The molecule has 25 heavy (non-hydrogen) atoms. The van der Waals surface area contributed by atoms with Gasteiger partial charge in [0.05, 0.1) is 14.2 Å². The van der Waals surface area contributed by atoms with Gasteiger partial charge in [-0.25, -0.2) is 0 Å². The minimum Gasteiger partial charge on any atom is -0.496 e. The predicted octanol–water partition coefficient (Wildman–Crippen LogP) is 4.68. The molecule has 0 bridgehead atoms. The molecule has 0 unspecified atom stereocenters. The van der Waals surface area contributed by atoms with E-state index in [1.54, 1.807) is 19.2 Å². The molecule has 0 spiro atoms. The quantitative estimate of drug-likeness (QED) is 0.653. The summed E-state index contributed by atoms with van der Waals surface area (Å²) < 4.78 is 16.5. The molecule has 0 aromatic heterocycles. The van der Waals surface area contributed by atoms with Crippen molar-refractivity contribution >= 4 is 5.78 Å². The van der Waals surface area contributed by atoms with Crippen LogP contribution in [0.5, 0.6) is 17.2 Å². The zero-order valence-corrected chi connectivity index (χ0v) is 15.6. The number of rotatable bonds is 8. The van der Waals surface area contributed by atoms with E-state index in [9.17, 15) is 4.79 Å². The van der Waals surface area contributed by atoms with Crippen LogP contribution >= 0.6 is 0 Å². The number of carbonyl (C=O) groups excluding carboxylic acids is 1. The summed E-state index contributed by atoms with van der Waals surface area (Å²) in [4.78, 5) is 12.0. The number of carbonyl (C=O) groups is 1. The summed E-state index contributed by atoms with van der Waals surface area (Å²) in [5, 5.41) is 0. The molecule has 0 saturated heterocycles. The first-order valence-electron chi connectivity index (χ1n) is 8.42. The van der Waals surface area contributed by atoms with E-state index in [-0.39, 0.29) is 5.78 Å². The molecule has 0 heterocycles. The number of methoxy groups -OCH3 is 2. The molecule has 0 aliphatic heterocycles. The fraction of sp³-hybridized carbons (Fsp3) is 0.381. The molecule has 134 valence electrons. The fourth-order valence-corrected chi connectivity index (χ4v) is 2.71. The molecule has 0 atom stereocenters. The van der Waals surface area contributed by atoms with Gasteiger partial charge >= 0.3 is 0 Å². The second-order valence-electron chi connectivity index (χ2n) is 6.46. The predicted molar refractivity (Wildman–Crippen MR) is 98.9 cm³/mol. The summed E-state index contributed by atoms with van der Waals surface area (Å²) >= 11 is 0. The van der Waals surface area contributed by atoms with Crippen LogP contribution in [0.3, 0.4) is 0 Å². The first kappa shape index (κ1) is 18.8. The summed E-state index contributed by atoms with van der Waals surface area (Å²) in [6, 6.07) is 11.8. The average Bonchev–Trinajstić information content (AvgIpc) is 2.59. The molecule has 0 radical (unpaired) electrons. The highest BCUT2D eigenvalue weighted by Gasteiger charge is 2.17. The molecule has 2 aromatic rings. The summed E-state index contributed by atoms with van der Waals surface area (Å²) in [5.74, 6) is 2.03. The Kier molecular flexibility index (Phi) is 6.45. The van der Waals surface area contributed by atoms with E-state index >= 15 is 0 Å². The standard InChI is InChI=1S/C21H26O4/c1-14(2)10-16-6-8-17(9-7-16)13-25-20-12-18(23-4)11-19(24-5)21(20)15(3)22/h6-9,11-12,14H,10,13H2,1-5H3. The number of ketones is 1. The Morgan fingerprint density at radius 3 is 2.08 bits per heavy atom. The van der Waals surface area contributed by atoms with Crippen LogP contribution in [0, 0.1) is 5.92 Å². The van der Waals surface area contributed by atoms with Crippen molar-refractivity contribution in [1.82, 2.24) is 0 Å². The molecule has 2 aromatic carbocycles. The van der Waals surface area contributed by atoms with Gasteiger partial charge in [0.25, 0.3) is 0 Å². The second kappa shape index (κ2) is 8.56. The second-order valence-corrected chi connectivity index (χ2v) is 6.46. The summed E-state index contributed by atoms with van der Waals surface area (Å²) in [7, 11) is 3.10. The lowest BCUT2D eigenvalue weighted by Gasteiger charge is -2.15. The van der Waals surface area contributed by atoms with Crippen LogP contribution in [0.4, 0.5) is 0 Å². The minimum absolute atomic E-state index is 0.109. The molecule has 0 amide bonds. The lowest BCUT2D eigenvalue weighted by Crippen LogP contribution is -2.05. The minimum atomic E-state index is -0.109. The average molecular weight is 342 g/mol. The molecule has 4 heteroatoms. The van der Waals surface area contributed by atoms with Crippen molar-refractivity contribution in [2.45, 2.75) is 33.8 Å². The third-order valence-corrected chi connectivity index (χ3v) is 3.91. The summed E-state index contributed by atoms with van der Waals surface area (Å²) in [5.41, 5.74) is 2.79. The summed E-state index contributed by atoms with van der Waals surface area (Å²) in [6.45, 7) is 6.28. The maximum absolute atomic E-state index is 12.0. The SMILES string of the molecule is COc1cc(OC)c(C(C)=O)c(OCc2ccc(CC(C)C)cc2)c1. The van der Waals surface area contributed by atoms with E-state index in [1.807, 2.05) is 0 Å². The van der Waals surface area contributed by atoms with Gasteiger partial charge in [-0.2, -0.15) is 0 Å². The van der Waals surface area contributed by atoms with E-state index < -0.39 is 0 Å².